The van der Waals surface area contributed by atoms with Crippen molar-refractivity contribution in [2.45, 2.75) is 11.1 Å². The number of benzene rings is 1. The first-order chi connectivity index (χ1) is 9.87. The maximum Gasteiger partial charge on any atom is 0.417 e. The van der Waals surface area contributed by atoms with Crippen LogP contribution in [0.15, 0.2) is 23.1 Å². The van der Waals surface area contributed by atoms with E-state index in [-0.39, 0.29) is 0 Å². The van der Waals surface area contributed by atoms with Gasteiger partial charge < -0.3 is 4.90 Å². The van der Waals surface area contributed by atoms with Gasteiger partial charge in [-0.05, 0) is 18.2 Å². The van der Waals surface area contributed by atoms with Crippen molar-refractivity contribution in [2.75, 3.05) is 27.7 Å². The molecule has 0 aromatic heterocycles. The van der Waals surface area contributed by atoms with Crippen LogP contribution in [0.2, 0.25) is 5.02 Å². The van der Waals surface area contributed by atoms with Crippen LogP contribution in [-0.2, 0) is 21.0 Å². The molecule has 1 rings (SSSR count). The van der Waals surface area contributed by atoms with E-state index < -0.39 is 44.1 Å². The maximum absolute atomic E-state index is 12.8. The molecule has 0 saturated carbocycles. The van der Waals surface area contributed by atoms with Gasteiger partial charge in [0.05, 0.1) is 22.0 Å². The third-order valence-electron chi connectivity index (χ3n) is 2.81. The van der Waals surface area contributed by atoms with Gasteiger partial charge in [0.2, 0.25) is 15.9 Å². The summed E-state index contributed by atoms with van der Waals surface area (Å²) in [6, 6.07) is 2.27. The Labute approximate surface area is 131 Å². The van der Waals surface area contributed by atoms with Gasteiger partial charge in [-0.15, -0.1) is 0 Å². The Morgan fingerprint density at radius 2 is 1.77 bits per heavy atom. The number of carbonyl (C=O) groups excluding carboxylic acids is 1. The second kappa shape index (κ2) is 6.43. The molecule has 124 valence electrons. The number of carbonyl (C=O) groups is 1. The van der Waals surface area contributed by atoms with Crippen LogP contribution >= 0.6 is 11.6 Å². The molecule has 0 fully saturated rings. The zero-order valence-corrected chi connectivity index (χ0v) is 13.6. The lowest BCUT2D eigenvalue weighted by molar-refractivity contribution is -0.137. The van der Waals surface area contributed by atoms with Gasteiger partial charge in [-0.2, -0.15) is 17.5 Å². The first kappa shape index (κ1) is 18.7. The van der Waals surface area contributed by atoms with Gasteiger partial charge in [0.25, 0.3) is 0 Å². The summed E-state index contributed by atoms with van der Waals surface area (Å²) in [6.45, 7) is -0.487. The molecule has 10 heteroatoms. The molecule has 0 spiro atoms. The summed E-state index contributed by atoms with van der Waals surface area (Å²) in [6.07, 6.45) is -4.78. The lowest BCUT2D eigenvalue weighted by atomic mass is 10.2. The summed E-state index contributed by atoms with van der Waals surface area (Å²) in [7, 11) is -0.256. The van der Waals surface area contributed by atoms with E-state index in [1.165, 1.54) is 19.0 Å². The average molecular weight is 359 g/mol. The number of hydrogen-bond acceptors (Lipinski definition) is 3. The Balaban J connectivity index is 3.21. The summed E-state index contributed by atoms with van der Waals surface area (Å²) in [5.41, 5.74) is -1.25. The molecular formula is C12H14ClF3N2O3S. The van der Waals surface area contributed by atoms with E-state index in [0.717, 1.165) is 19.2 Å². The van der Waals surface area contributed by atoms with Crippen molar-refractivity contribution in [3.8, 4) is 0 Å². The van der Waals surface area contributed by atoms with E-state index in [4.69, 9.17) is 11.6 Å². The number of amides is 1. The molecule has 0 aliphatic rings. The molecule has 0 heterocycles. The first-order valence-corrected chi connectivity index (χ1v) is 7.72. The van der Waals surface area contributed by atoms with Gasteiger partial charge in [0.1, 0.15) is 0 Å². The van der Waals surface area contributed by atoms with Crippen LogP contribution in [0.3, 0.4) is 0 Å². The van der Waals surface area contributed by atoms with Crippen LogP contribution in [0.1, 0.15) is 5.56 Å². The highest BCUT2D eigenvalue weighted by Crippen LogP contribution is 2.36. The third kappa shape index (κ3) is 4.11. The van der Waals surface area contributed by atoms with Gasteiger partial charge in [-0.3, -0.25) is 4.79 Å². The van der Waals surface area contributed by atoms with Crippen molar-refractivity contribution in [1.29, 1.82) is 0 Å². The Bertz CT molecular complexity index is 675. The van der Waals surface area contributed by atoms with Gasteiger partial charge in [0, 0.05) is 21.1 Å². The molecule has 0 N–H and O–H groups in total. The van der Waals surface area contributed by atoms with Crippen molar-refractivity contribution >= 4 is 27.5 Å². The average Bonchev–Trinajstić information content (AvgIpc) is 2.37. The second-order valence-corrected chi connectivity index (χ2v) is 7.14. The summed E-state index contributed by atoms with van der Waals surface area (Å²) in [4.78, 5) is 12.1. The molecule has 0 aliphatic carbocycles. The van der Waals surface area contributed by atoms with Crippen molar-refractivity contribution in [2.24, 2.45) is 0 Å². The molecule has 0 aliphatic heterocycles. The van der Waals surface area contributed by atoms with Gasteiger partial charge in [-0.25, -0.2) is 8.42 Å². The molecule has 22 heavy (non-hydrogen) atoms. The molecule has 0 saturated heterocycles. The Morgan fingerprint density at radius 3 is 2.23 bits per heavy atom. The minimum absolute atomic E-state index is 0.453. The quantitative estimate of drug-likeness (QED) is 0.828. The van der Waals surface area contributed by atoms with E-state index in [2.05, 4.69) is 0 Å². The highest BCUT2D eigenvalue weighted by atomic mass is 35.5. The number of halogens is 4. The number of rotatable bonds is 4. The molecular weight excluding hydrogens is 345 g/mol. The zero-order chi connectivity index (χ0) is 17.3. The predicted molar refractivity (Wildman–Crippen MR) is 75.0 cm³/mol. The topological polar surface area (TPSA) is 57.7 Å². The number of nitrogens with zero attached hydrogens (tertiary/aromatic N) is 2. The monoisotopic (exact) mass is 358 g/mol. The predicted octanol–water partition coefficient (Wildman–Crippen LogP) is 2.07. The summed E-state index contributed by atoms with van der Waals surface area (Å²) in [5.74, 6) is -0.504. The second-order valence-electron chi connectivity index (χ2n) is 4.69. The number of alkyl halides is 3. The SMILES string of the molecule is CN(C)C(=O)CN(C)S(=O)(=O)c1ccc(Cl)c(C(F)(F)F)c1. The standard InChI is InChI=1S/C12H14ClF3N2O3S/c1-17(2)11(19)7-18(3)22(20,21)8-4-5-10(13)9(6-8)12(14,15)16/h4-6H,7H2,1-3H3. The Morgan fingerprint density at radius 1 is 1.23 bits per heavy atom. The highest BCUT2D eigenvalue weighted by molar-refractivity contribution is 7.89. The number of sulfonamides is 1. The number of hydrogen-bond donors (Lipinski definition) is 0. The van der Waals surface area contributed by atoms with E-state index >= 15 is 0 Å². The fourth-order valence-electron chi connectivity index (χ4n) is 1.48. The Kier molecular flexibility index (Phi) is 5.47. The van der Waals surface area contributed by atoms with Crippen LogP contribution < -0.4 is 0 Å². The lowest BCUT2D eigenvalue weighted by Crippen LogP contribution is -2.37. The van der Waals surface area contributed by atoms with Crippen LogP contribution in [-0.4, -0.2) is 51.2 Å². The van der Waals surface area contributed by atoms with Crippen molar-refractivity contribution < 1.29 is 26.4 Å². The molecule has 0 atom stereocenters. The van der Waals surface area contributed by atoms with Gasteiger partial charge >= 0.3 is 6.18 Å². The maximum atomic E-state index is 12.8. The van der Waals surface area contributed by atoms with E-state index in [9.17, 15) is 26.4 Å². The van der Waals surface area contributed by atoms with E-state index in [1.54, 1.807) is 0 Å². The minimum Gasteiger partial charge on any atom is -0.348 e. The Hall–Kier alpha value is -1.32. The van der Waals surface area contributed by atoms with Crippen molar-refractivity contribution in [3.05, 3.63) is 28.8 Å². The normalized spacial score (nSPS) is 12.5. The fraction of sp³-hybridized carbons (Fsp3) is 0.417. The van der Waals surface area contributed by atoms with Gasteiger partial charge in [-0.1, -0.05) is 11.6 Å². The van der Waals surface area contributed by atoms with Crippen molar-refractivity contribution in [1.82, 2.24) is 9.21 Å². The van der Waals surface area contributed by atoms with E-state index in [0.29, 0.717) is 10.4 Å². The highest BCUT2D eigenvalue weighted by Gasteiger charge is 2.35. The van der Waals surface area contributed by atoms with Gasteiger partial charge in [0.15, 0.2) is 0 Å². The molecule has 0 unspecified atom stereocenters. The van der Waals surface area contributed by atoms with Crippen LogP contribution in [0.4, 0.5) is 13.2 Å². The summed E-state index contributed by atoms with van der Waals surface area (Å²) >= 11 is 5.45. The van der Waals surface area contributed by atoms with Crippen LogP contribution in [0.5, 0.6) is 0 Å². The zero-order valence-electron chi connectivity index (χ0n) is 12.0. The first-order valence-electron chi connectivity index (χ1n) is 5.90. The summed E-state index contributed by atoms with van der Waals surface area (Å²) < 4.78 is 63.5. The fourth-order valence-corrected chi connectivity index (χ4v) is 2.85. The molecule has 1 aromatic rings. The molecule has 1 aromatic carbocycles. The number of likely N-dealkylation sites (N-methyl/N-ethyl adjacent to an activating group) is 2. The molecule has 0 bridgehead atoms. The smallest absolute Gasteiger partial charge is 0.348 e. The third-order valence-corrected chi connectivity index (χ3v) is 4.94. The van der Waals surface area contributed by atoms with Crippen LogP contribution in [0.25, 0.3) is 0 Å². The summed E-state index contributed by atoms with van der Waals surface area (Å²) in [5, 5.41) is -0.599. The molecule has 5 nitrogen and oxygen atoms in total. The van der Waals surface area contributed by atoms with Crippen LogP contribution in [0, 0.1) is 0 Å². The van der Waals surface area contributed by atoms with E-state index in [1.807, 2.05) is 0 Å². The van der Waals surface area contributed by atoms with Crippen molar-refractivity contribution in [3.63, 3.8) is 0 Å². The molecule has 1 amide bonds. The molecule has 0 radical (unpaired) electrons. The lowest BCUT2D eigenvalue weighted by Gasteiger charge is -2.20. The minimum atomic E-state index is -4.78. The largest absolute Gasteiger partial charge is 0.417 e.